The Morgan fingerprint density at radius 1 is 1.29 bits per heavy atom. The maximum absolute atomic E-state index is 12.2. The van der Waals surface area contributed by atoms with E-state index in [0.717, 1.165) is 24.2 Å². The van der Waals surface area contributed by atoms with E-state index in [1.807, 2.05) is 24.3 Å². The van der Waals surface area contributed by atoms with Crippen molar-refractivity contribution in [3.63, 3.8) is 0 Å². The summed E-state index contributed by atoms with van der Waals surface area (Å²) >= 11 is 0. The normalized spacial score (nSPS) is 19.3. The van der Waals surface area contributed by atoms with Gasteiger partial charge in [-0.1, -0.05) is 12.1 Å². The quantitative estimate of drug-likeness (QED) is 0.799. The van der Waals surface area contributed by atoms with Crippen molar-refractivity contribution in [2.45, 2.75) is 19.3 Å². The van der Waals surface area contributed by atoms with Crippen LogP contribution >= 0.6 is 0 Å². The number of amides is 2. The minimum Gasteiger partial charge on any atom is -0.324 e. The van der Waals surface area contributed by atoms with Crippen LogP contribution in [0.15, 0.2) is 24.3 Å². The van der Waals surface area contributed by atoms with Crippen LogP contribution in [0.4, 0.5) is 11.4 Å². The van der Waals surface area contributed by atoms with Gasteiger partial charge in [-0.15, -0.1) is 0 Å². The zero-order valence-electron chi connectivity index (χ0n) is 9.48. The first-order valence-electron chi connectivity index (χ1n) is 5.96. The van der Waals surface area contributed by atoms with Crippen LogP contribution in [-0.4, -0.2) is 18.4 Å². The Labute approximate surface area is 99.6 Å². The molecule has 1 aromatic carbocycles. The molecule has 4 nitrogen and oxygen atoms in total. The molecule has 1 fully saturated rings. The zero-order valence-corrected chi connectivity index (χ0v) is 9.48. The molecule has 0 saturated heterocycles. The number of benzene rings is 1. The molecule has 0 aromatic heterocycles. The molecule has 2 aliphatic rings. The number of para-hydroxylation sites is 2. The molecule has 17 heavy (non-hydrogen) atoms. The van der Waals surface area contributed by atoms with Gasteiger partial charge in [0.25, 0.3) is 0 Å². The number of rotatable bonds is 1. The van der Waals surface area contributed by atoms with E-state index < -0.39 is 0 Å². The van der Waals surface area contributed by atoms with Gasteiger partial charge in [0, 0.05) is 18.9 Å². The van der Waals surface area contributed by atoms with Crippen LogP contribution in [0.5, 0.6) is 0 Å². The zero-order chi connectivity index (χ0) is 11.8. The maximum Gasteiger partial charge on any atom is 0.230 e. The van der Waals surface area contributed by atoms with Gasteiger partial charge in [0.15, 0.2) is 0 Å². The predicted octanol–water partition coefficient (Wildman–Crippen LogP) is 1.77. The molecule has 1 aromatic rings. The topological polar surface area (TPSA) is 49.4 Å². The maximum atomic E-state index is 12.2. The highest BCUT2D eigenvalue weighted by molar-refractivity contribution is 6.04. The van der Waals surface area contributed by atoms with Crippen LogP contribution in [0.1, 0.15) is 19.3 Å². The van der Waals surface area contributed by atoms with E-state index in [4.69, 9.17) is 0 Å². The molecule has 1 aliphatic heterocycles. The van der Waals surface area contributed by atoms with Crippen molar-refractivity contribution in [2.75, 3.05) is 16.8 Å². The average Bonchev–Trinajstić information content (AvgIpc) is 3.14. The number of carbonyl (C=O) groups excluding carboxylic acids is 2. The van der Waals surface area contributed by atoms with Crippen molar-refractivity contribution in [1.82, 2.24) is 0 Å². The minimum atomic E-state index is -0.0245. The number of hydrogen-bond acceptors (Lipinski definition) is 2. The first-order chi connectivity index (χ1) is 8.25. The Hall–Kier alpha value is -1.84. The molecular weight excluding hydrogens is 216 g/mol. The molecule has 0 radical (unpaired) electrons. The van der Waals surface area contributed by atoms with Gasteiger partial charge in [0.1, 0.15) is 0 Å². The van der Waals surface area contributed by atoms with Gasteiger partial charge in [-0.25, -0.2) is 0 Å². The Kier molecular flexibility index (Phi) is 2.35. The molecule has 0 spiro atoms. The lowest BCUT2D eigenvalue weighted by molar-refractivity contribution is -0.119. The molecule has 0 bridgehead atoms. The lowest BCUT2D eigenvalue weighted by Crippen LogP contribution is -2.33. The highest BCUT2D eigenvalue weighted by atomic mass is 16.2. The number of fused-ring (bicyclic) bond motifs is 1. The molecule has 0 atom stereocenters. The third-order valence-electron chi connectivity index (χ3n) is 3.22. The Morgan fingerprint density at radius 3 is 2.82 bits per heavy atom. The van der Waals surface area contributed by atoms with Gasteiger partial charge >= 0.3 is 0 Å². The second kappa shape index (κ2) is 3.87. The molecule has 3 rings (SSSR count). The van der Waals surface area contributed by atoms with Gasteiger partial charge in [-0.2, -0.15) is 0 Å². The third-order valence-corrected chi connectivity index (χ3v) is 3.22. The molecule has 88 valence electrons. The average molecular weight is 230 g/mol. The fourth-order valence-corrected chi connectivity index (χ4v) is 2.14. The lowest BCUT2D eigenvalue weighted by atomic mass is 10.2. The second-order valence-corrected chi connectivity index (χ2v) is 4.58. The van der Waals surface area contributed by atoms with Gasteiger partial charge < -0.3 is 10.2 Å². The van der Waals surface area contributed by atoms with E-state index >= 15 is 0 Å². The monoisotopic (exact) mass is 230 g/mol. The Bertz CT molecular complexity index is 480. The summed E-state index contributed by atoms with van der Waals surface area (Å²) in [5.74, 6) is 0.314. The molecule has 1 N–H and O–H groups in total. The summed E-state index contributed by atoms with van der Waals surface area (Å²) in [4.78, 5) is 25.5. The van der Waals surface area contributed by atoms with E-state index in [-0.39, 0.29) is 17.7 Å². The van der Waals surface area contributed by atoms with Gasteiger partial charge in [-0.3, -0.25) is 9.59 Å². The van der Waals surface area contributed by atoms with Gasteiger partial charge in [0.2, 0.25) is 11.8 Å². The van der Waals surface area contributed by atoms with Crippen LogP contribution in [0.2, 0.25) is 0 Å². The second-order valence-electron chi connectivity index (χ2n) is 4.58. The summed E-state index contributed by atoms with van der Waals surface area (Å²) in [6.45, 7) is 0.484. The number of carbonyl (C=O) groups is 2. The molecule has 2 amide bonds. The number of anilines is 2. The smallest absolute Gasteiger partial charge is 0.230 e. The Balaban J connectivity index is 1.98. The van der Waals surface area contributed by atoms with Crippen molar-refractivity contribution in [1.29, 1.82) is 0 Å². The fraction of sp³-hybridized carbons (Fsp3) is 0.385. The van der Waals surface area contributed by atoms with Crippen LogP contribution in [0.3, 0.4) is 0 Å². The number of nitrogens with zero attached hydrogens (tertiary/aromatic N) is 1. The van der Waals surface area contributed by atoms with E-state index in [2.05, 4.69) is 5.32 Å². The standard InChI is InChI=1S/C13H14N2O2/c16-12-7-8-15(13(17)9-5-6-9)11-4-2-1-3-10(11)14-12/h1-4,9H,5-8H2,(H,14,16). The van der Waals surface area contributed by atoms with Crippen LogP contribution in [-0.2, 0) is 9.59 Å². The first-order valence-corrected chi connectivity index (χ1v) is 5.96. The summed E-state index contributed by atoms with van der Waals surface area (Å²) in [5, 5.41) is 2.83. The van der Waals surface area contributed by atoms with Crippen molar-refractivity contribution >= 4 is 23.2 Å². The predicted molar refractivity (Wildman–Crippen MR) is 64.8 cm³/mol. The van der Waals surface area contributed by atoms with Gasteiger partial charge in [0.05, 0.1) is 11.4 Å². The van der Waals surface area contributed by atoms with Gasteiger partial charge in [-0.05, 0) is 25.0 Å². The molecule has 1 aliphatic carbocycles. The molecular formula is C13H14N2O2. The van der Waals surface area contributed by atoms with Crippen molar-refractivity contribution < 1.29 is 9.59 Å². The lowest BCUT2D eigenvalue weighted by Gasteiger charge is -2.21. The fourth-order valence-electron chi connectivity index (χ4n) is 2.14. The van der Waals surface area contributed by atoms with Crippen LogP contribution < -0.4 is 10.2 Å². The third kappa shape index (κ3) is 1.90. The molecule has 1 saturated carbocycles. The highest BCUT2D eigenvalue weighted by Gasteiger charge is 2.35. The SMILES string of the molecule is O=C1CCN(C(=O)C2CC2)c2ccccc2N1. The van der Waals surface area contributed by atoms with Crippen LogP contribution in [0, 0.1) is 5.92 Å². The summed E-state index contributed by atoms with van der Waals surface area (Å²) in [6.07, 6.45) is 2.34. The molecule has 0 unspecified atom stereocenters. The number of hydrogen-bond donors (Lipinski definition) is 1. The van der Waals surface area contributed by atoms with Crippen molar-refractivity contribution in [2.24, 2.45) is 5.92 Å². The minimum absolute atomic E-state index is 0.0245. The molecule has 4 heteroatoms. The summed E-state index contributed by atoms with van der Waals surface area (Å²) < 4.78 is 0. The summed E-state index contributed by atoms with van der Waals surface area (Å²) in [6, 6.07) is 7.49. The van der Waals surface area contributed by atoms with E-state index in [9.17, 15) is 9.59 Å². The van der Waals surface area contributed by atoms with Crippen LogP contribution in [0.25, 0.3) is 0 Å². The van der Waals surface area contributed by atoms with Crippen molar-refractivity contribution in [3.8, 4) is 0 Å². The summed E-state index contributed by atoms with van der Waals surface area (Å²) in [5.41, 5.74) is 1.57. The Morgan fingerprint density at radius 2 is 2.06 bits per heavy atom. The highest BCUT2D eigenvalue weighted by Crippen LogP contribution is 2.36. The van der Waals surface area contributed by atoms with E-state index in [1.54, 1.807) is 4.90 Å². The van der Waals surface area contributed by atoms with Crippen molar-refractivity contribution in [3.05, 3.63) is 24.3 Å². The largest absolute Gasteiger partial charge is 0.324 e. The molecule has 1 heterocycles. The summed E-state index contributed by atoms with van der Waals surface area (Å²) in [7, 11) is 0. The number of nitrogens with one attached hydrogen (secondary N) is 1. The van der Waals surface area contributed by atoms with E-state index in [0.29, 0.717) is 13.0 Å². The van der Waals surface area contributed by atoms with E-state index in [1.165, 1.54) is 0 Å². The first kappa shape index (κ1) is 10.3.